The first-order valence-corrected chi connectivity index (χ1v) is 14.3. The van der Waals surface area contributed by atoms with Crippen molar-refractivity contribution in [2.24, 2.45) is 5.41 Å². The molecule has 0 aromatic heterocycles. The number of carboxylic acid groups (broad SMARTS) is 1. The first-order valence-electron chi connectivity index (χ1n) is 14.3. The van der Waals surface area contributed by atoms with Gasteiger partial charge in [-0.3, -0.25) is 0 Å². The molecule has 1 fully saturated rings. The summed E-state index contributed by atoms with van der Waals surface area (Å²) in [4.78, 5) is 11.4. The van der Waals surface area contributed by atoms with Gasteiger partial charge in [0.15, 0.2) is 0 Å². The standard InChI is InChI=1S/C35H42O4/c1-22-17-28(39-16-15-34(4,5)38)18-23(2)33(22)29-8-6-7-26(24(29)3)11-9-25-10-12-30-27(19-25)21-35(13-14-35)31(30)20-32(36)37/h6-8,10,12,17-19,31,38H,9,11,13-16,20-21H2,1-5H3,(H,36,37)/p-1. The number of aliphatic carboxylic acids is 1. The molecule has 0 amide bonds. The van der Waals surface area contributed by atoms with Crippen molar-refractivity contribution in [2.45, 2.75) is 91.1 Å². The third-order valence-electron chi connectivity index (χ3n) is 9.01. The van der Waals surface area contributed by atoms with Crippen LogP contribution in [0.4, 0.5) is 0 Å². The minimum absolute atomic E-state index is 0.121. The third kappa shape index (κ3) is 5.91. The van der Waals surface area contributed by atoms with Crippen molar-refractivity contribution in [3.05, 3.63) is 87.5 Å². The summed E-state index contributed by atoms with van der Waals surface area (Å²) in [6.45, 7) is 10.6. The van der Waals surface area contributed by atoms with Gasteiger partial charge < -0.3 is 19.7 Å². The Balaban J connectivity index is 1.31. The average molecular weight is 526 g/mol. The second-order valence-electron chi connectivity index (χ2n) is 12.6. The van der Waals surface area contributed by atoms with Crippen molar-refractivity contribution in [1.29, 1.82) is 0 Å². The Bertz CT molecular complexity index is 1370. The van der Waals surface area contributed by atoms with Gasteiger partial charge in [-0.05, 0) is 147 Å². The van der Waals surface area contributed by atoms with E-state index < -0.39 is 11.6 Å². The largest absolute Gasteiger partial charge is 0.550 e. The highest BCUT2D eigenvalue weighted by atomic mass is 16.5. The van der Waals surface area contributed by atoms with Gasteiger partial charge in [0.25, 0.3) is 0 Å². The molecule has 1 spiro atoms. The normalized spacial score (nSPS) is 17.3. The van der Waals surface area contributed by atoms with Crippen LogP contribution in [0.3, 0.4) is 0 Å². The van der Waals surface area contributed by atoms with Crippen LogP contribution in [-0.4, -0.2) is 23.3 Å². The zero-order valence-corrected chi connectivity index (χ0v) is 24.0. The number of hydrogen-bond acceptors (Lipinski definition) is 4. The summed E-state index contributed by atoms with van der Waals surface area (Å²) < 4.78 is 5.96. The van der Waals surface area contributed by atoms with Crippen molar-refractivity contribution in [3.63, 3.8) is 0 Å². The van der Waals surface area contributed by atoms with Gasteiger partial charge >= 0.3 is 0 Å². The molecule has 4 nitrogen and oxygen atoms in total. The van der Waals surface area contributed by atoms with E-state index in [0.29, 0.717) is 13.0 Å². The van der Waals surface area contributed by atoms with Crippen molar-refractivity contribution < 1.29 is 19.7 Å². The predicted octanol–water partition coefficient (Wildman–Crippen LogP) is 6.16. The average Bonchev–Trinajstić information content (AvgIpc) is 3.55. The summed E-state index contributed by atoms with van der Waals surface area (Å²) in [6, 6.07) is 17.5. The zero-order valence-electron chi connectivity index (χ0n) is 24.0. The first-order chi connectivity index (χ1) is 18.5. The summed E-state index contributed by atoms with van der Waals surface area (Å²) >= 11 is 0. The fourth-order valence-electron chi connectivity index (χ4n) is 6.67. The minimum atomic E-state index is -0.933. The number of aryl methyl sites for hydroxylation is 4. The third-order valence-corrected chi connectivity index (χ3v) is 9.01. The number of aliphatic hydroxyl groups is 1. The lowest BCUT2D eigenvalue weighted by Gasteiger charge is -2.20. The molecular weight excluding hydrogens is 484 g/mol. The second-order valence-corrected chi connectivity index (χ2v) is 12.6. The van der Waals surface area contributed by atoms with Gasteiger partial charge in [0, 0.05) is 12.4 Å². The molecule has 2 aliphatic carbocycles. The molecule has 0 saturated heterocycles. The van der Waals surface area contributed by atoms with Crippen molar-refractivity contribution >= 4 is 5.97 Å². The molecule has 1 unspecified atom stereocenters. The lowest BCUT2D eigenvalue weighted by atomic mass is 9.86. The van der Waals surface area contributed by atoms with Crippen LogP contribution < -0.4 is 9.84 Å². The van der Waals surface area contributed by atoms with Crippen LogP contribution >= 0.6 is 0 Å². The van der Waals surface area contributed by atoms with E-state index in [1.165, 1.54) is 50.1 Å². The summed E-state index contributed by atoms with van der Waals surface area (Å²) in [5.41, 5.74) is 10.9. The monoisotopic (exact) mass is 525 g/mol. The lowest BCUT2D eigenvalue weighted by Crippen LogP contribution is -2.26. The minimum Gasteiger partial charge on any atom is -0.550 e. The number of carbonyl (C=O) groups is 1. The van der Waals surface area contributed by atoms with Crippen LogP contribution in [-0.2, 0) is 24.1 Å². The number of hydrogen-bond donors (Lipinski definition) is 1. The van der Waals surface area contributed by atoms with Crippen LogP contribution in [0.25, 0.3) is 11.1 Å². The Kier molecular flexibility index (Phi) is 7.37. The zero-order chi connectivity index (χ0) is 27.9. The number of fused-ring (bicyclic) bond motifs is 1. The van der Waals surface area contributed by atoms with E-state index >= 15 is 0 Å². The molecule has 1 N–H and O–H groups in total. The van der Waals surface area contributed by atoms with E-state index in [9.17, 15) is 15.0 Å². The Hall–Kier alpha value is -3.11. The van der Waals surface area contributed by atoms with Crippen LogP contribution in [0.1, 0.15) is 84.4 Å². The molecule has 4 heteroatoms. The molecule has 0 bridgehead atoms. The fraction of sp³-hybridized carbons (Fsp3) is 0.457. The first kappa shape index (κ1) is 27.5. The van der Waals surface area contributed by atoms with E-state index in [-0.39, 0.29) is 17.8 Å². The van der Waals surface area contributed by atoms with Crippen LogP contribution in [0, 0.1) is 26.2 Å². The SMILES string of the molecule is Cc1cc(OCCC(C)(C)O)cc(C)c1-c1cccc(CCc2ccc3c(c2)CC2(CC2)C3CC(=O)[O-])c1C. The van der Waals surface area contributed by atoms with Gasteiger partial charge in [-0.1, -0.05) is 36.4 Å². The van der Waals surface area contributed by atoms with Crippen LogP contribution in [0.15, 0.2) is 48.5 Å². The number of carboxylic acids is 1. The van der Waals surface area contributed by atoms with E-state index in [2.05, 4.69) is 69.3 Å². The predicted molar refractivity (Wildman–Crippen MR) is 154 cm³/mol. The summed E-state index contributed by atoms with van der Waals surface area (Å²) in [5.74, 6) is 0.0328. The summed E-state index contributed by atoms with van der Waals surface area (Å²) in [6.07, 6.45) is 5.93. The van der Waals surface area contributed by atoms with Crippen LogP contribution in [0.2, 0.25) is 0 Å². The maximum Gasteiger partial charge on any atom is 0.119 e. The van der Waals surface area contributed by atoms with E-state index in [1.807, 2.05) is 0 Å². The van der Waals surface area contributed by atoms with E-state index in [1.54, 1.807) is 13.8 Å². The van der Waals surface area contributed by atoms with Gasteiger partial charge in [0.1, 0.15) is 5.75 Å². The number of rotatable bonds is 10. The molecular formula is C35H41O4-. The maximum absolute atomic E-state index is 11.4. The lowest BCUT2D eigenvalue weighted by molar-refractivity contribution is -0.306. The highest BCUT2D eigenvalue weighted by Crippen LogP contribution is 2.64. The van der Waals surface area contributed by atoms with E-state index in [0.717, 1.165) is 37.9 Å². The second kappa shape index (κ2) is 10.5. The van der Waals surface area contributed by atoms with Crippen molar-refractivity contribution in [3.8, 4) is 16.9 Å². The Morgan fingerprint density at radius 2 is 1.77 bits per heavy atom. The highest BCUT2D eigenvalue weighted by molar-refractivity contribution is 5.75. The van der Waals surface area contributed by atoms with E-state index in [4.69, 9.17) is 4.74 Å². The van der Waals surface area contributed by atoms with Gasteiger partial charge in [0.2, 0.25) is 0 Å². The number of ether oxygens (including phenoxy) is 1. The van der Waals surface area contributed by atoms with Crippen molar-refractivity contribution in [1.82, 2.24) is 0 Å². The number of benzene rings is 3. The quantitative estimate of drug-likeness (QED) is 0.344. The van der Waals surface area contributed by atoms with Gasteiger partial charge in [-0.15, -0.1) is 0 Å². The fourth-order valence-corrected chi connectivity index (χ4v) is 6.67. The molecule has 0 heterocycles. The molecule has 206 valence electrons. The summed E-state index contributed by atoms with van der Waals surface area (Å²) in [5, 5.41) is 21.3. The Labute approximate surface area is 233 Å². The highest BCUT2D eigenvalue weighted by Gasteiger charge is 2.53. The maximum atomic E-state index is 11.4. The van der Waals surface area contributed by atoms with Gasteiger partial charge in [-0.25, -0.2) is 0 Å². The van der Waals surface area contributed by atoms with Gasteiger partial charge in [0.05, 0.1) is 12.2 Å². The van der Waals surface area contributed by atoms with Crippen LogP contribution in [0.5, 0.6) is 5.75 Å². The number of carbonyl (C=O) groups excluding carboxylic acids is 1. The molecule has 1 saturated carbocycles. The molecule has 1 atom stereocenters. The Morgan fingerprint density at radius 3 is 2.41 bits per heavy atom. The molecule has 5 rings (SSSR count). The molecule has 0 aliphatic heterocycles. The molecule has 0 radical (unpaired) electrons. The molecule has 3 aromatic rings. The smallest absolute Gasteiger partial charge is 0.119 e. The molecule has 39 heavy (non-hydrogen) atoms. The molecule has 2 aliphatic rings. The topological polar surface area (TPSA) is 69.6 Å². The Morgan fingerprint density at radius 1 is 1.05 bits per heavy atom. The molecule has 3 aromatic carbocycles. The summed E-state index contributed by atoms with van der Waals surface area (Å²) in [7, 11) is 0. The van der Waals surface area contributed by atoms with Crippen molar-refractivity contribution in [2.75, 3.05) is 6.61 Å². The van der Waals surface area contributed by atoms with Gasteiger partial charge in [-0.2, -0.15) is 0 Å².